The topological polar surface area (TPSA) is 84.7 Å². The van der Waals surface area contributed by atoms with E-state index in [2.05, 4.69) is 20.9 Å². The van der Waals surface area contributed by atoms with Crippen molar-refractivity contribution >= 4 is 33.4 Å². The average Bonchev–Trinajstić information content (AvgIpc) is 3.52. The highest BCUT2D eigenvalue weighted by atomic mass is 79.9. The summed E-state index contributed by atoms with van der Waals surface area (Å²) < 4.78 is 8.52. The van der Waals surface area contributed by atoms with Gasteiger partial charge in [-0.1, -0.05) is 28.1 Å². The number of likely N-dealkylation sites (tertiary alicyclic amines) is 1. The zero-order chi connectivity index (χ0) is 23.8. The van der Waals surface area contributed by atoms with Crippen LogP contribution < -0.4 is 4.74 Å². The van der Waals surface area contributed by atoms with E-state index in [1.807, 2.05) is 54.1 Å². The molecule has 0 bridgehead atoms. The minimum absolute atomic E-state index is 0.0649. The molecule has 1 fully saturated rings. The molecule has 1 N–H and O–H groups in total. The van der Waals surface area contributed by atoms with Crippen LogP contribution in [-0.2, 0) is 22.6 Å². The van der Waals surface area contributed by atoms with Crippen LogP contribution in [0.5, 0.6) is 5.75 Å². The summed E-state index contributed by atoms with van der Waals surface area (Å²) in [6.45, 7) is 3.02. The van der Waals surface area contributed by atoms with E-state index in [9.17, 15) is 14.7 Å². The van der Waals surface area contributed by atoms with Crippen LogP contribution in [-0.4, -0.2) is 43.9 Å². The van der Waals surface area contributed by atoms with Gasteiger partial charge in [-0.25, -0.2) is 4.98 Å². The fraction of sp³-hybridized carbons (Fsp3) is 0.269. The van der Waals surface area contributed by atoms with E-state index < -0.39 is 17.7 Å². The van der Waals surface area contributed by atoms with Crippen LogP contribution >= 0.6 is 15.9 Å². The molecule has 2 aromatic carbocycles. The molecule has 3 aromatic rings. The van der Waals surface area contributed by atoms with Gasteiger partial charge in [0.2, 0.25) is 0 Å². The fourth-order valence-electron chi connectivity index (χ4n) is 4.70. The van der Waals surface area contributed by atoms with E-state index in [1.54, 1.807) is 23.5 Å². The average molecular weight is 522 g/mol. The fourth-order valence-corrected chi connectivity index (χ4v) is 5.12. The number of Topliss-reactive ketones (excluding diaryl/α,β-unsaturated/α-hetero) is 1. The number of rotatable bonds is 6. The molecule has 0 radical (unpaired) electrons. The van der Waals surface area contributed by atoms with Gasteiger partial charge >= 0.3 is 0 Å². The Bertz CT molecular complexity index is 1280. The molecule has 1 saturated heterocycles. The second-order valence-corrected chi connectivity index (χ2v) is 9.57. The monoisotopic (exact) mass is 521 g/mol. The lowest BCUT2D eigenvalue weighted by atomic mass is 9.94. The lowest BCUT2D eigenvalue weighted by molar-refractivity contribution is -0.139. The number of hydrogen-bond acceptors (Lipinski definition) is 5. The van der Waals surface area contributed by atoms with Crippen LogP contribution in [0.4, 0.5) is 0 Å². The van der Waals surface area contributed by atoms with Crippen molar-refractivity contribution in [1.82, 2.24) is 14.5 Å². The zero-order valence-electron chi connectivity index (χ0n) is 18.6. The third kappa shape index (κ3) is 4.14. The lowest BCUT2D eigenvalue weighted by Crippen LogP contribution is -2.31. The van der Waals surface area contributed by atoms with E-state index >= 15 is 0 Å². The first-order valence-corrected chi connectivity index (χ1v) is 12.0. The minimum Gasteiger partial charge on any atom is -0.507 e. The maximum Gasteiger partial charge on any atom is 0.295 e. The summed E-state index contributed by atoms with van der Waals surface area (Å²) in [5.74, 6) is -0.652. The van der Waals surface area contributed by atoms with Crippen LogP contribution in [0.25, 0.3) is 5.76 Å². The summed E-state index contributed by atoms with van der Waals surface area (Å²) >= 11 is 3.49. The molecule has 3 heterocycles. The van der Waals surface area contributed by atoms with Crippen molar-refractivity contribution < 1.29 is 19.4 Å². The Balaban J connectivity index is 1.53. The first kappa shape index (κ1) is 22.4. The number of aliphatic hydroxyl groups excluding tert-OH is 1. The molecular weight excluding hydrogens is 498 g/mol. The number of amides is 1. The van der Waals surface area contributed by atoms with Gasteiger partial charge in [0.05, 0.1) is 17.9 Å². The van der Waals surface area contributed by atoms with E-state index in [0.717, 1.165) is 27.8 Å². The normalized spacial score (nSPS) is 21.1. The van der Waals surface area contributed by atoms with Crippen molar-refractivity contribution in [3.63, 3.8) is 0 Å². The van der Waals surface area contributed by atoms with Crippen LogP contribution in [0.2, 0.25) is 0 Å². The number of halogens is 1. The molecule has 34 heavy (non-hydrogen) atoms. The highest BCUT2D eigenvalue weighted by molar-refractivity contribution is 9.10. The maximum absolute atomic E-state index is 13.2. The number of ether oxygens (including phenoxy) is 1. The zero-order valence-corrected chi connectivity index (χ0v) is 20.2. The molecule has 8 heteroatoms. The molecule has 7 nitrogen and oxygen atoms in total. The van der Waals surface area contributed by atoms with E-state index in [-0.39, 0.29) is 17.4 Å². The molecular formula is C26H24BrN3O4. The highest BCUT2D eigenvalue weighted by Crippen LogP contribution is 2.41. The largest absolute Gasteiger partial charge is 0.507 e. The summed E-state index contributed by atoms with van der Waals surface area (Å²) in [4.78, 5) is 31.9. The molecule has 1 aromatic heterocycles. The van der Waals surface area contributed by atoms with Crippen molar-refractivity contribution in [2.45, 2.75) is 38.5 Å². The first-order chi connectivity index (χ1) is 16.4. The molecule has 5 rings (SSSR count). The minimum atomic E-state index is -0.677. The Kier molecular flexibility index (Phi) is 6.00. The number of carbonyl (C=O) groups excluding carboxylic acids is 2. The second kappa shape index (κ2) is 9.10. The molecule has 2 atom stereocenters. The Hall–Kier alpha value is -3.39. The van der Waals surface area contributed by atoms with Crippen LogP contribution in [0.1, 0.15) is 36.1 Å². The van der Waals surface area contributed by atoms with Gasteiger partial charge < -0.3 is 19.3 Å². The summed E-state index contributed by atoms with van der Waals surface area (Å²) in [7, 11) is 0. The Morgan fingerprint density at radius 1 is 1.21 bits per heavy atom. The van der Waals surface area contributed by atoms with Crippen LogP contribution in [0, 0.1) is 0 Å². The SMILES string of the molecule is C[C@@H]1Cc2cc(/C(O)=C3\C(=O)C(=O)N(CCCn4ccnc4)[C@H]3c3cccc(Br)c3)ccc2O1. The third-order valence-corrected chi connectivity index (χ3v) is 6.74. The predicted molar refractivity (Wildman–Crippen MR) is 130 cm³/mol. The molecule has 0 spiro atoms. The van der Waals surface area contributed by atoms with Gasteiger partial charge in [-0.2, -0.15) is 0 Å². The number of aryl methyl sites for hydroxylation is 1. The lowest BCUT2D eigenvalue weighted by Gasteiger charge is -2.25. The number of aliphatic hydroxyl groups is 1. The molecule has 0 unspecified atom stereocenters. The van der Waals surface area contributed by atoms with Gasteiger partial charge in [0, 0.05) is 41.9 Å². The quantitative estimate of drug-likeness (QED) is 0.293. The van der Waals surface area contributed by atoms with Crippen molar-refractivity contribution in [3.05, 3.63) is 87.9 Å². The number of hydrogen-bond donors (Lipinski definition) is 1. The number of imidazole rings is 1. The summed E-state index contributed by atoms with van der Waals surface area (Å²) in [5, 5.41) is 11.3. The Labute approximate surface area is 205 Å². The van der Waals surface area contributed by atoms with E-state index in [1.165, 1.54) is 0 Å². The van der Waals surface area contributed by atoms with Crippen molar-refractivity contribution in [3.8, 4) is 5.75 Å². The van der Waals surface area contributed by atoms with Gasteiger partial charge in [0.15, 0.2) is 0 Å². The summed E-state index contributed by atoms with van der Waals surface area (Å²) in [6, 6.07) is 12.2. The van der Waals surface area contributed by atoms with E-state index in [0.29, 0.717) is 25.1 Å². The predicted octanol–water partition coefficient (Wildman–Crippen LogP) is 4.48. The Morgan fingerprint density at radius 2 is 2.06 bits per heavy atom. The molecule has 2 aliphatic heterocycles. The molecule has 1 amide bonds. The van der Waals surface area contributed by atoms with Crippen LogP contribution in [0.3, 0.4) is 0 Å². The first-order valence-electron chi connectivity index (χ1n) is 11.2. The number of nitrogens with zero attached hydrogens (tertiary/aromatic N) is 3. The van der Waals surface area contributed by atoms with Crippen molar-refractivity contribution in [2.75, 3.05) is 6.54 Å². The molecule has 0 aliphatic carbocycles. The van der Waals surface area contributed by atoms with Gasteiger partial charge in [-0.05, 0) is 54.8 Å². The smallest absolute Gasteiger partial charge is 0.295 e. The standard InChI is InChI=1S/C26H24BrN3O4/c1-16-12-19-13-18(6-7-21(19)34-16)24(31)22-23(17-4-2-5-20(27)14-17)30(26(33)25(22)32)10-3-9-29-11-8-28-15-29/h2,4-8,11,13-16,23,31H,3,9-10,12H2,1H3/b24-22+/t16-,23+/m1/s1. The number of aromatic nitrogens is 2. The van der Waals surface area contributed by atoms with Gasteiger partial charge in [-0.15, -0.1) is 0 Å². The van der Waals surface area contributed by atoms with E-state index in [4.69, 9.17) is 4.74 Å². The van der Waals surface area contributed by atoms with Gasteiger partial charge in [0.1, 0.15) is 17.6 Å². The number of ketones is 1. The van der Waals surface area contributed by atoms with Crippen molar-refractivity contribution in [1.29, 1.82) is 0 Å². The van der Waals surface area contributed by atoms with Gasteiger partial charge in [0.25, 0.3) is 11.7 Å². The highest BCUT2D eigenvalue weighted by Gasteiger charge is 2.45. The molecule has 174 valence electrons. The van der Waals surface area contributed by atoms with Crippen LogP contribution in [0.15, 0.2) is 71.2 Å². The van der Waals surface area contributed by atoms with Gasteiger partial charge in [-0.3, -0.25) is 9.59 Å². The van der Waals surface area contributed by atoms with Crippen molar-refractivity contribution in [2.24, 2.45) is 0 Å². The Morgan fingerprint density at radius 3 is 2.82 bits per heavy atom. The summed E-state index contributed by atoms with van der Waals surface area (Å²) in [5.41, 5.74) is 2.35. The summed E-state index contributed by atoms with van der Waals surface area (Å²) in [6.07, 6.45) is 6.72. The maximum atomic E-state index is 13.2. The molecule has 2 aliphatic rings. The second-order valence-electron chi connectivity index (χ2n) is 8.66. The number of fused-ring (bicyclic) bond motifs is 1. The number of benzene rings is 2. The number of carbonyl (C=O) groups is 2. The third-order valence-electron chi connectivity index (χ3n) is 6.25. The molecule has 0 saturated carbocycles.